The number of hydrogen-bond acceptors (Lipinski definition) is 4. The van der Waals surface area contributed by atoms with E-state index in [-0.39, 0.29) is 11.8 Å². The molecule has 6 heteroatoms. The molecule has 2 fully saturated rings. The van der Waals surface area contributed by atoms with Crippen LogP contribution in [-0.2, 0) is 19.1 Å². The van der Waals surface area contributed by atoms with Crippen LogP contribution < -0.4 is 5.32 Å². The van der Waals surface area contributed by atoms with Gasteiger partial charge in [-0.05, 0) is 12.2 Å². The van der Waals surface area contributed by atoms with E-state index in [0.29, 0.717) is 18.7 Å². The minimum absolute atomic E-state index is 0.0142. The molecule has 1 aliphatic carbocycles. The third kappa shape index (κ3) is 1.23. The van der Waals surface area contributed by atoms with E-state index in [1.165, 1.54) is 7.11 Å². The first kappa shape index (κ1) is 11.2. The molecule has 2 aliphatic heterocycles. The van der Waals surface area contributed by atoms with Crippen LogP contribution in [0.4, 0.5) is 0 Å². The van der Waals surface area contributed by atoms with E-state index < -0.39 is 17.4 Å². The standard InChI is InChI=1S/C12H12N2O4/c1-18-12-6-7(14-5-4-9(14)15)2-3-8(12)10(16)13-11(12)17/h2-3,6,8H,4-5H2,1H3,(H,13,16,17). The van der Waals surface area contributed by atoms with Crippen molar-refractivity contribution in [3.05, 3.63) is 23.9 Å². The van der Waals surface area contributed by atoms with Crippen molar-refractivity contribution < 1.29 is 19.1 Å². The molecule has 0 radical (unpaired) electrons. The van der Waals surface area contributed by atoms with Crippen LogP contribution in [0.25, 0.3) is 0 Å². The van der Waals surface area contributed by atoms with Crippen LogP contribution in [0.5, 0.6) is 0 Å². The molecule has 2 unspecified atom stereocenters. The second-order valence-corrected chi connectivity index (χ2v) is 4.52. The lowest BCUT2D eigenvalue weighted by molar-refractivity contribution is -0.138. The molecule has 0 spiro atoms. The molecule has 6 nitrogen and oxygen atoms in total. The molecule has 2 saturated heterocycles. The minimum Gasteiger partial charge on any atom is -0.363 e. The number of β-lactam (4-membered cyclic amide) rings is 1. The maximum absolute atomic E-state index is 11.9. The van der Waals surface area contributed by atoms with E-state index in [1.807, 2.05) is 0 Å². The van der Waals surface area contributed by atoms with Crippen molar-refractivity contribution in [3.63, 3.8) is 0 Å². The fraction of sp³-hybridized carbons (Fsp3) is 0.417. The number of hydrogen-bond donors (Lipinski definition) is 1. The van der Waals surface area contributed by atoms with E-state index >= 15 is 0 Å². The van der Waals surface area contributed by atoms with Crippen molar-refractivity contribution >= 4 is 17.7 Å². The van der Waals surface area contributed by atoms with Gasteiger partial charge >= 0.3 is 0 Å². The number of carbonyl (C=O) groups excluding carboxylic acids is 3. The first-order valence-electron chi connectivity index (χ1n) is 5.70. The molecule has 0 aromatic carbocycles. The highest BCUT2D eigenvalue weighted by atomic mass is 16.5. The number of likely N-dealkylation sites (tertiary alicyclic amines) is 1. The lowest BCUT2D eigenvalue weighted by Gasteiger charge is -2.36. The van der Waals surface area contributed by atoms with E-state index in [9.17, 15) is 14.4 Å². The number of methoxy groups -OCH3 is 1. The number of nitrogens with zero attached hydrogens (tertiary/aromatic N) is 1. The Morgan fingerprint density at radius 3 is 2.78 bits per heavy atom. The van der Waals surface area contributed by atoms with Gasteiger partial charge in [-0.1, -0.05) is 6.08 Å². The molecule has 3 amide bonds. The van der Waals surface area contributed by atoms with E-state index in [1.54, 1.807) is 23.1 Å². The first-order chi connectivity index (χ1) is 8.58. The van der Waals surface area contributed by atoms with Gasteiger partial charge in [-0.25, -0.2) is 0 Å². The Kier molecular flexibility index (Phi) is 2.18. The fourth-order valence-corrected chi connectivity index (χ4v) is 2.51. The lowest BCUT2D eigenvalue weighted by atomic mass is 9.84. The largest absolute Gasteiger partial charge is 0.363 e. The number of amides is 3. The Labute approximate surface area is 103 Å². The van der Waals surface area contributed by atoms with Crippen molar-refractivity contribution in [1.29, 1.82) is 0 Å². The molecule has 0 aromatic rings. The molecule has 0 aromatic heterocycles. The van der Waals surface area contributed by atoms with Crippen LogP contribution in [0.2, 0.25) is 0 Å². The average molecular weight is 248 g/mol. The Hall–Kier alpha value is -1.95. The van der Waals surface area contributed by atoms with Crippen LogP contribution in [0.1, 0.15) is 6.42 Å². The van der Waals surface area contributed by atoms with Crippen LogP contribution in [0.3, 0.4) is 0 Å². The van der Waals surface area contributed by atoms with Crippen LogP contribution >= 0.6 is 0 Å². The van der Waals surface area contributed by atoms with Crippen molar-refractivity contribution in [2.75, 3.05) is 13.7 Å². The normalized spacial score (nSPS) is 34.1. The summed E-state index contributed by atoms with van der Waals surface area (Å²) in [6.45, 7) is 0.634. The zero-order chi connectivity index (χ0) is 12.9. The van der Waals surface area contributed by atoms with Crippen molar-refractivity contribution in [2.45, 2.75) is 12.0 Å². The number of rotatable bonds is 2. The molecule has 2 atom stereocenters. The maximum atomic E-state index is 11.9. The molecular formula is C12H12N2O4. The van der Waals surface area contributed by atoms with Gasteiger partial charge in [0, 0.05) is 25.8 Å². The van der Waals surface area contributed by atoms with Crippen molar-refractivity contribution in [1.82, 2.24) is 10.2 Å². The molecule has 18 heavy (non-hydrogen) atoms. The highest BCUT2D eigenvalue weighted by Gasteiger charge is 2.55. The number of ether oxygens (including phenoxy) is 1. The topological polar surface area (TPSA) is 75.7 Å². The minimum atomic E-state index is -1.31. The van der Waals surface area contributed by atoms with Gasteiger partial charge in [0.25, 0.3) is 5.91 Å². The van der Waals surface area contributed by atoms with Gasteiger partial charge in [-0.2, -0.15) is 0 Å². The predicted octanol–water partition coefficient (Wildman–Crippen LogP) is -0.670. The highest BCUT2D eigenvalue weighted by molar-refractivity contribution is 6.11. The summed E-state index contributed by atoms with van der Waals surface area (Å²) in [5.41, 5.74) is -0.689. The zero-order valence-corrected chi connectivity index (χ0v) is 9.80. The fourth-order valence-electron chi connectivity index (χ4n) is 2.51. The second kappa shape index (κ2) is 3.52. The van der Waals surface area contributed by atoms with Gasteiger partial charge in [-0.3, -0.25) is 19.7 Å². The molecular weight excluding hydrogens is 236 g/mol. The number of carbonyl (C=O) groups is 3. The molecule has 0 bridgehead atoms. The van der Waals surface area contributed by atoms with E-state index in [4.69, 9.17) is 4.74 Å². The summed E-state index contributed by atoms with van der Waals surface area (Å²) in [6.07, 6.45) is 5.39. The average Bonchev–Trinajstić information content (AvgIpc) is 2.60. The Morgan fingerprint density at radius 1 is 1.44 bits per heavy atom. The van der Waals surface area contributed by atoms with Crippen LogP contribution in [0.15, 0.2) is 23.9 Å². The number of allylic oxidation sites excluding steroid dienone is 1. The smallest absolute Gasteiger partial charge is 0.264 e. The first-order valence-corrected chi connectivity index (χ1v) is 5.70. The summed E-state index contributed by atoms with van der Waals surface area (Å²) < 4.78 is 5.27. The molecule has 94 valence electrons. The number of fused-ring (bicyclic) bond motifs is 1. The monoisotopic (exact) mass is 248 g/mol. The quantitative estimate of drug-likeness (QED) is 0.519. The summed E-state index contributed by atoms with van der Waals surface area (Å²) in [4.78, 5) is 36.5. The molecule has 0 saturated carbocycles. The van der Waals surface area contributed by atoms with Gasteiger partial charge in [-0.15, -0.1) is 0 Å². The molecule has 2 heterocycles. The summed E-state index contributed by atoms with van der Waals surface area (Å²) in [5.74, 6) is -1.49. The Balaban J connectivity index is 2.02. The number of imide groups is 1. The summed E-state index contributed by atoms with van der Waals surface area (Å²) >= 11 is 0. The molecule has 3 aliphatic rings. The Bertz CT molecular complexity index is 522. The predicted molar refractivity (Wildman–Crippen MR) is 59.9 cm³/mol. The van der Waals surface area contributed by atoms with Gasteiger partial charge in [0.15, 0.2) is 5.60 Å². The van der Waals surface area contributed by atoms with Gasteiger partial charge in [0.1, 0.15) is 0 Å². The van der Waals surface area contributed by atoms with Crippen LogP contribution in [-0.4, -0.2) is 41.9 Å². The number of nitrogens with one attached hydrogen (secondary N) is 1. The lowest BCUT2D eigenvalue weighted by Crippen LogP contribution is -2.48. The van der Waals surface area contributed by atoms with Crippen molar-refractivity contribution in [3.8, 4) is 0 Å². The van der Waals surface area contributed by atoms with Gasteiger partial charge in [0.05, 0.1) is 5.92 Å². The van der Waals surface area contributed by atoms with Crippen molar-refractivity contribution in [2.24, 2.45) is 5.92 Å². The molecule has 1 N–H and O–H groups in total. The van der Waals surface area contributed by atoms with Gasteiger partial charge in [0.2, 0.25) is 11.8 Å². The van der Waals surface area contributed by atoms with E-state index in [0.717, 1.165) is 0 Å². The summed E-state index contributed by atoms with van der Waals surface area (Å²) in [5, 5.41) is 2.26. The SMILES string of the molecule is COC12C=C(N3CCC3=O)C=CC1C(=O)NC2=O. The Morgan fingerprint density at radius 2 is 2.22 bits per heavy atom. The van der Waals surface area contributed by atoms with Crippen LogP contribution in [0, 0.1) is 5.92 Å². The van der Waals surface area contributed by atoms with Gasteiger partial charge < -0.3 is 9.64 Å². The molecule has 3 rings (SSSR count). The van der Waals surface area contributed by atoms with E-state index in [2.05, 4.69) is 5.32 Å². The summed E-state index contributed by atoms with van der Waals surface area (Å²) in [7, 11) is 1.39. The summed E-state index contributed by atoms with van der Waals surface area (Å²) in [6, 6.07) is 0. The third-order valence-corrected chi connectivity index (χ3v) is 3.66. The second-order valence-electron chi connectivity index (χ2n) is 4.52. The third-order valence-electron chi connectivity index (χ3n) is 3.66. The zero-order valence-electron chi connectivity index (χ0n) is 9.80. The maximum Gasteiger partial charge on any atom is 0.264 e. The highest BCUT2D eigenvalue weighted by Crippen LogP contribution is 2.36.